The Balaban J connectivity index is 2.30. The summed E-state index contributed by atoms with van der Waals surface area (Å²) in [5.41, 5.74) is 1.43. The zero-order chi connectivity index (χ0) is 20.8. The Bertz CT molecular complexity index is 1150. The Morgan fingerprint density at radius 3 is 2.11 bits per heavy atom. The number of hydrogen-bond acceptors (Lipinski definition) is 4. The molecule has 0 spiro atoms. The van der Waals surface area contributed by atoms with Gasteiger partial charge in [-0.05, 0) is 48.7 Å². The van der Waals surface area contributed by atoms with Gasteiger partial charge < -0.3 is 4.52 Å². The van der Waals surface area contributed by atoms with Crippen LogP contribution in [-0.2, 0) is 10.0 Å². The van der Waals surface area contributed by atoms with Gasteiger partial charge in [0.25, 0.3) is 6.43 Å². The smallest absolute Gasteiger partial charge is 0.298 e. The van der Waals surface area contributed by atoms with Crippen LogP contribution in [0.4, 0.5) is 17.6 Å². The van der Waals surface area contributed by atoms with E-state index in [2.05, 4.69) is 5.16 Å². The molecule has 1 heterocycles. The molecule has 0 bridgehead atoms. The molecule has 0 aliphatic rings. The van der Waals surface area contributed by atoms with Gasteiger partial charge in [-0.3, -0.25) is 0 Å². The van der Waals surface area contributed by atoms with Crippen molar-refractivity contribution in [3.8, 4) is 22.4 Å². The minimum Gasteiger partial charge on any atom is -0.354 e. The first-order valence-corrected chi connectivity index (χ1v) is 9.43. The maximum absolute atomic E-state index is 14.2. The summed E-state index contributed by atoms with van der Waals surface area (Å²) in [7, 11) is -4.69. The molecule has 0 amide bonds. The molecule has 10 heteroatoms. The highest BCUT2D eigenvalue weighted by Gasteiger charge is 2.29. The van der Waals surface area contributed by atoms with E-state index in [1.807, 2.05) is 6.92 Å². The summed E-state index contributed by atoms with van der Waals surface area (Å²) < 4.78 is 82.8. The van der Waals surface area contributed by atoms with E-state index < -0.39 is 38.7 Å². The topological polar surface area (TPSA) is 86.2 Å². The van der Waals surface area contributed by atoms with Crippen LogP contribution in [0.25, 0.3) is 22.4 Å². The fraction of sp³-hybridized carbons (Fsp3) is 0.167. The van der Waals surface area contributed by atoms with E-state index in [0.717, 1.165) is 11.1 Å². The van der Waals surface area contributed by atoms with Crippen LogP contribution in [0.3, 0.4) is 0 Å². The molecule has 148 valence electrons. The summed E-state index contributed by atoms with van der Waals surface area (Å²) in [5, 5.41) is 8.44. The fourth-order valence-electron chi connectivity index (χ4n) is 2.79. The van der Waals surface area contributed by atoms with Gasteiger partial charge in [-0.1, -0.05) is 17.3 Å². The normalized spacial score (nSPS) is 12.0. The molecule has 1 aromatic heterocycles. The fourth-order valence-corrected chi connectivity index (χ4v) is 3.45. The standard InChI is InChI=1S/C18H14F4N2O3S/c1-8-3-4-10(5-9(8)2)15-14(16(18(21)22)27-24-15)11-6-12(19)17(13(20)7-11)28(23,25)26/h3-7,18H,1-2H3,(H2,23,25,26). The molecular weight excluding hydrogens is 400 g/mol. The van der Waals surface area contributed by atoms with E-state index in [0.29, 0.717) is 17.7 Å². The average Bonchev–Trinajstić information content (AvgIpc) is 3.00. The number of nitrogens with two attached hydrogens (primary N) is 1. The predicted octanol–water partition coefficient (Wildman–Crippen LogP) is 4.49. The lowest BCUT2D eigenvalue weighted by Gasteiger charge is -2.09. The summed E-state index contributed by atoms with van der Waals surface area (Å²) in [6, 6.07) is 6.20. The van der Waals surface area contributed by atoms with Crippen LogP contribution in [0.15, 0.2) is 39.8 Å². The number of aryl methyl sites for hydroxylation is 2. The molecule has 0 radical (unpaired) electrons. The zero-order valence-corrected chi connectivity index (χ0v) is 15.5. The summed E-state index contributed by atoms with van der Waals surface area (Å²) in [6.45, 7) is 3.65. The highest BCUT2D eigenvalue weighted by atomic mass is 32.2. The van der Waals surface area contributed by atoms with E-state index in [4.69, 9.17) is 9.66 Å². The summed E-state index contributed by atoms with van der Waals surface area (Å²) >= 11 is 0. The third-order valence-corrected chi connectivity index (χ3v) is 5.23. The number of aromatic nitrogens is 1. The van der Waals surface area contributed by atoms with E-state index in [-0.39, 0.29) is 16.8 Å². The summed E-state index contributed by atoms with van der Waals surface area (Å²) in [4.78, 5) is -1.35. The van der Waals surface area contributed by atoms with Gasteiger partial charge in [0.1, 0.15) is 17.3 Å². The van der Waals surface area contributed by atoms with E-state index in [1.165, 1.54) is 0 Å². The third kappa shape index (κ3) is 3.52. The molecule has 2 aromatic carbocycles. The van der Waals surface area contributed by atoms with Crippen molar-refractivity contribution < 1.29 is 30.5 Å². The molecule has 0 aliphatic carbocycles. The van der Waals surface area contributed by atoms with Gasteiger partial charge in [0.2, 0.25) is 15.8 Å². The van der Waals surface area contributed by atoms with E-state index in [1.54, 1.807) is 25.1 Å². The zero-order valence-electron chi connectivity index (χ0n) is 14.6. The second-order valence-corrected chi connectivity index (χ2v) is 7.68. The maximum Gasteiger partial charge on any atom is 0.298 e. The lowest BCUT2D eigenvalue weighted by atomic mass is 9.97. The van der Waals surface area contributed by atoms with Crippen LogP contribution in [-0.4, -0.2) is 13.6 Å². The number of rotatable bonds is 4. The number of hydrogen-bond donors (Lipinski definition) is 1. The van der Waals surface area contributed by atoms with Gasteiger partial charge in [0, 0.05) is 5.56 Å². The lowest BCUT2D eigenvalue weighted by Crippen LogP contribution is -2.16. The van der Waals surface area contributed by atoms with Crippen molar-refractivity contribution in [1.29, 1.82) is 0 Å². The van der Waals surface area contributed by atoms with E-state index in [9.17, 15) is 26.0 Å². The van der Waals surface area contributed by atoms with Crippen molar-refractivity contribution in [3.05, 3.63) is 58.9 Å². The molecule has 0 unspecified atom stereocenters. The molecule has 0 saturated heterocycles. The Morgan fingerprint density at radius 1 is 1.00 bits per heavy atom. The largest absolute Gasteiger partial charge is 0.354 e. The second-order valence-electron chi connectivity index (χ2n) is 6.18. The molecule has 3 rings (SSSR count). The minimum atomic E-state index is -4.69. The van der Waals surface area contributed by atoms with Gasteiger partial charge in [-0.15, -0.1) is 0 Å². The van der Waals surface area contributed by atoms with Gasteiger partial charge in [-0.25, -0.2) is 31.1 Å². The summed E-state index contributed by atoms with van der Waals surface area (Å²) in [5.74, 6) is -3.91. The molecule has 5 nitrogen and oxygen atoms in total. The van der Waals surface area contributed by atoms with Gasteiger partial charge >= 0.3 is 0 Å². The number of halogens is 4. The molecule has 2 N–H and O–H groups in total. The minimum absolute atomic E-state index is 0.0550. The van der Waals surface area contributed by atoms with Crippen molar-refractivity contribution in [2.45, 2.75) is 25.2 Å². The number of alkyl halides is 2. The van der Waals surface area contributed by atoms with Crippen LogP contribution < -0.4 is 5.14 Å². The van der Waals surface area contributed by atoms with Crippen molar-refractivity contribution in [2.75, 3.05) is 0 Å². The SMILES string of the molecule is Cc1ccc(-c2noc(C(F)F)c2-c2cc(F)c(S(N)(=O)=O)c(F)c2)cc1C. The van der Waals surface area contributed by atoms with Crippen molar-refractivity contribution in [3.63, 3.8) is 0 Å². The highest BCUT2D eigenvalue weighted by molar-refractivity contribution is 7.89. The molecule has 0 fully saturated rings. The van der Waals surface area contributed by atoms with Crippen LogP contribution >= 0.6 is 0 Å². The first-order chi connectivity index (χ1) is 13.0. The molecule has 0 saturated carbocycles. The van der Waals surface area contributed by atoms with E-state index >= 15 is 0 Å². The third-order valence-electron chi connectivity index (χ3n) is 4.27. The molecule has 28 heavy (non-hydrogen) atoms. The average molecular weight is 414 g/mol. The summed E-state index contributed by atoms with van der Waals surface area (Å²) in [6.07, 6.45) is -3.12. The van der Waals surface area contributed by atoms with Gasteiger partial charge in [-0.2, -0.15) is 0 Å². The molecule has 0 atom stereocenters. The molecule has 3 aromatic rings. The quantitative estimate of drug-likeness (QED) is 0.638. The predicted molar refractivity (Wildman–Crippen MR) is 93.1 cm³/mol. The Hall–Kier alpha value is -2.72. The van der Waals surface area contributed by atoms with Crippen molar-refractivity contribution >= 4 is 10.0 Å². The van der Waals surface area contributed by atoms with Gasteiger partial charge in [0.15, 0.2) is 4.90 Å². The lowest BCUT2D eigenvalue weighted by molar-refractivity contribution is 0.113. The first kappa shape index (κ1) is 20.0. The van der Waals surface area contributed by atoms with Crippen LogP contribution in [0.1, 0.15) is 23.3 Å². The van der Waals surface area contributed by atoms with Crippen LogP contribution in [0, 0.1) is 25.5 Å². The monoisotopic (exact) mass is 414 g/mol. The number of nitrogens with zero attached hydrogens (tertiary/aromatic N) is 1. The maximum atomic E-state index is 14.2. The van der Waals surface area contributed by atoms with Crippen LogP contribution in [0.2, 0.25) is 0 Å². The number of benzene rings is 2. The Morgan fingerprint density at radius 2 is 1.61 bits per heavy atom. The second kappa shape index (κ2) is 7.02. The number of sulfonamides is 1. The van der Waals surface area contributed by atoms with Crippen molar-refractivity contribution in [1.82, 2.24) is 5.16 Å². The first-order valence-electron chi connectivity index (χ1n) is 7.88. The Labute approximate surface area is 157 Å². The highest BCUT2D eigenvalue weighted by Crippen LogP contribution is 2.40. The molecular formula is C18H14F4N2O3S. The Kier molecular flexibility index (Phi) is 5.02. The van der Waals surface area contributed by atoms with Crippen molar-refractivity contribution in [2.24, 2.45) is 5.14 Å². The van der Waals surface area contributed by atoms with Gasteiger partial charge in [0.05, 0.1) is 5.56 Å². The number of primary sulfonamides is 1. The molecule has 0 aliphatic heterocycles. The van der Waals surface area contributed by atoms with Crippen LogP contribution in [0.5, 0.6) is 0 Å².